The topological polar surface area (TPSA) is 105 Å². The zero-order valence-corrected chi connectivity index (χ0v) is 21.4. The molecule has 0 aromatic carbocycles. The van der Waals surface area contributed by atoms with E-state index in [1.165, 1.54) is 11.8 Å². The largest absolute Gasteiger partial charge is 0.458 e. The number of aliphatic hydroxyl groups is 1. The van der Waals surface area contributed by atoms with Crippen molar-refractivity contribution in [2.75, 3.05) is 0 Å². The van der Waals surface area contributed by atoms with Crippen molar-refractivity contribution in [1.82, 2.24) is 10.2 Å². The molecule has 1 rings (SSSR count). The average molecular weight is 467 g/mol. The molecule has 8 nitrogen and oxygen atoms in total. The van der Waals surface area contributed by atoms with Gasteiger partial charge in [-0.25, -0.2) is 9.59 Å². The van der Waals surface area contributed by atoms with Gasteiger partial charge in [-0.3, -0.25) is 9.69 Å². The summed E-state index contributed by atoms with van der Waals surface area (Å²) in [5.41, 5.74) is -1.55. The molecule has 8 heteroatoms. The lowest BCUT2D eigenvalue weighted by Gasteiger charge is -2.39. The summed E-state index contributed by atoms with van der Waals surface area (Å²) in [5.74, 6) is -1.20. The van der Waals surface area contributed by atoms with E-state index in [2.05, 4.69) is 11.9 Å². The maximum atomic E-state index is 13.4. The smallest absolute Gasteiger partial charge is 0.411 e. The van der Waals surface area contributed by atoms with Crippen LogP contribution in [0, 0.1) is 5.92 Å². The van der Waals surface area contributed by atoms with Crippen LogP contribution >= 0.6 is 0 Å². The molecule has 0 radical (unpaired) electrons. The molecule has 188 valence electrons. The number of likely N-dealkylation sites (tertiary alicyclic amines) is 1. The van der Waals surface area contributed by atoms with Crippen LogP contribution in [0.4, 0.5) is 4.79 Å². The Morgan fingerprint density at radius 3 is 2.18 bits per heavy atom. The summed E-state index contributed by atoms with van der Waals surface area (Å²) in [6.07, 6.45) is 4.90. The van der Waals surface area contributed by atoms with Gasteiger partial charge in [-0.05, 0) is 67.7 Å². The lowest BCUT2D eigenvalue weighted by molar-refractivity contribution is -0.160. The number of allylic oxidation sites excluding steroid dienone is 2. The summed E-state index contributed by atoms with van der Waals surface area (Å²) in [5, 5.41) is 13.8. The van der Waals surface area contributed by atoms with Gasteiger partial charge in [-0.2, -0.15) is 0 Å². The van der Waals surface area contributed by atoms with Crippen LogP contribution in [0.25, 0.3) is 0 Å². The van der Waals surface area contributed by atoms with Gasteiger partial charge in [0, 0.05) is 12.8 Å². The van der Waals surface area contributed by atoms with Crippen LogP contribution in [0.3, 0.4) is 0 Å². The van der Waals surface area contributed by atoms with Crippen LogP contribution in [-0.2, 0) is 19.1 Å². The van der Waals surface area contributed by atoms with Gasteiger partial charge in [0.05, 0.1) is 18.2 Å². The molecule has 0 saturated carbocycles. The zero-order chi connectivity index (χ0) is 25.6. The first-order chi connectivity index (χ1) is 15.1. The molecule has 0 bridgehead atoms. The van der Waals surface area contributed by atoms with Gasteiger partial charge < -0.3 is 19.9 Å². The standard InChI is InChI=1S/C25H42N2O6/c1-10-12-14-19(29)20(26-16(3)28)21-17(13-11-2)15-18(22(30)32-24(4,5)6)27(21)23(31)33-25(7,8)9/h10-11,13,17-21,29H,1,12,14-15H2,2-9H3,(H,26,28)/b13-11-/t17-,18-,19-,20+,21-/m1/s1. The van der Waals surface area contributed by atoms with E-state index in [4.69, 9.17) is 9.47 Å². The second-order valence-corrected chi connectivity index (χ2v) is 10.5. The molecule has 1 aliphatic rings. The molecule has 1 saturated heterocycles. The summed E-state index contributed by atoms with van der Waals surface area (Å²) < 4.78 is 11.3. The van der Waals surface area contributed by atoms with E-state index in [1.807, 2.05) is 19.1 Å². The minimum absolute atomic E-state index is 0.285. The second kappa shape index (κ2) is 11.7. The van der Waals surface area contributed by atoms with Crippen LogP contribution in [-0.4, -0.2) is 63.4 Å². The number of amides is 2. The normalized spacial score (nSPS) is 23.2. The van der Waals surface area contributed by atoms with Gasteiger partial charge in [0.25, 0.3) is 0 Å². The fraction of sp³-hybridized carbons (Fsp3) is 0.720. The SMILES string of the molecule is C=CCC[C@@H](O)[C@H](NC(C)=O)[C@H]1[C@H](/C=C\C)C[C@H](C(=O)OC(C)(C)C)N1C(=O)OC(C)(C)C. The highest BCUT2D eigenvalue weighted by molar-refractivity contribution is 5.83. The van der Waals surface area contributed by atoms with E-state index in [0.717, 1.165) is 0 Å². The summed E-state index contributed by atoms with van der Waals surface area (Å²) >= 11 is 0. The number of aliphatic hydroxyl groups excluding tert-OH is 1. The van der Waals surface area contributed by atoms with Crippen molar-refractivity contribution in [3.05, 3.63) is 24.8 Å². The highest BCUT2D eigenvalue weighted by Gasteiger charge is 2.53. The van der Waals surface area contributed by atoms with E-state index in [0.29, 0.717) is 12.8 Å². The predicted octanol–water partition coefficient (Wildman–Crippen LogP) is 3.73. The monoisotopic (exact) mass is 466 g/mol. The lowest BCUT2D eigenvalue weighted by Crippen LogP contribution is -2.60. The molecule has 0 unspecified atom stereocenters. The van der Waals surface area contributed by atoms with E-state index >= 15 is 0 Å². The van der Waals surface area contributed by atoms with Crippen LogP contribution in [0.15, 0.2) is 24.8 Å². The number of carbonyl (C=O) groups excluding carboxylic acids is 3. The molecule has 1 fully saturated rings. The fourth-order valence-corrected chi connectivity index (χ4v) is 4.06. The van der Waals surface area contributed by atoms with E-state index in [1.54, 1.807) is 47.6 Å². The van der Waals surface area contributed by atoms with Crippen LogP contribution in [0.5, 0.6) is 0 Å². The molecular weight excluding hydrogens is 424 g/mol. The first-order valence-corrected chi connectivity index (χ1v) is 11.5. The highest BCUT2D eigenvalue weighted by Crippen LogP contribution is 2.37. The number of esters is 1. The van der Waals surface area contributed by atoms with Crippen molar-refractivity contribution in [3.63, 3.8) is 0 Å². The average Bonchev–Trinajstić information content (AvgIpc) is 3.01. The first kappa shape index (κ1) is 28.7. The van der Waals surface area contributed by atoms with Gasteiger partial charge in [-0.1, -0.05) is 18.2 Å². The van der Waals surface area contributed by atoms with Gasteiger partial charge in [0.15, 0.2) is 0 Å². The predicted molar refractivity (Wildman–Crippen MR) is 127 cm³/mol. The summed E-state index contributed by atoms with van der Waals surface area (Å²) in [6, 6.07) is -2.45. The molecule has 0 spiro atoms. The number of hydrogen-bond acceptors (Lipinski definition) is 6. The van der Waals surface area contributed by atoms with Gasteiger partial charge in [0.1, 0.15) is 17.2 Å². The minimum atomic E-state index is -0.966. The second-order valence-electron chi connectivity index (χ2n) is 10.5. The van der Waals surface area contributed by atoms with Crippen molar-refractivity contribution in [2.45, 2.75) is 110 Å². The van der Waals surface area contributed by atoms with Gasteiger partial charge in [0.2, 0.25) is 5.91 Å². The van der Waals surface area contributed by atoms with Crippen LogP contribution in [0.2, 0.25) is 0 Å². The van der Waals surface area contributed by atoms with E-state index in [9.17, 15) is 19.5 Å². The molecule has 5 atom stereocenters. The fourth-order valence-electron chi connectivity index (χ4n) is 4.06. The number of nitrogens with zero attached hydrogens (tertiary/aromatic N) is 1. The molecular formula is C25H42N2O6. The maximum Gasteiger partial charge on any atom is 0.411 e. The highest BCUT2D eigenvalue weighted by atomic mass is 16.6. The third-order valence-electron chi connectivity index (χ3n) is 5.13. The van der Waals surface area contributed by atoms with Crippen molar-refractivity contribution < 1.29 is 29.0 Å². The summed E-state index contributed by atoms with van der Waals surface area (Å²) in [4.78, 5) is 40.0. The lowest BCUT2D eigenvalue weighted by atomic mass is 9.88. The molecule has 2 amide bonds. The van der Waals surface area contributed by atoms with Crippen molar-refractivity contribution in [2.24, 2.45) is 5.92 Å². The van der Waals surface area contributed by atoms with Gasteiger partial charge >= 0.3 is 12.1 Å². The molecule has 1 heterocycles. The third-order valence-corrected chi connectivity index (χ3v) is 5.13. The van der Waals surface area contributed by atoms with Gasteiger partial charge in [-0.15, -0.1) is 6.58 Å². The zero-order valence-electron chi connectivity index (χ0n) is 21.4. The number of carbonyl (C=O) groups is 3. The molecule has 0 aromatic heterocycles. The Labute approximate surface area is 198 Å². The van der Waals surface area contributed by atoms with Crippen LogP contribution in [0.1, 0.15) is 74.7 Å². The Balaban J connectivity index is 3.56. The Morgan fingerprint density at radius 1 is 1.15 bits per heavy atom. The Morgan fingerprint density at radius 2 is 1.73 bits per heavy atom. The third kappa shape index (κ3) is 8.84. The maximum absolute atomic E-state index is 13.4. The van der Waals surface area contributed by atoms with Crippen molar-refractivity contribution >= 4 is 18.0 Å². The van der Waals surface area contributed by atoms with Crippen molar-refractivity contribution in [1.29, 1.82) is 0 Å². The Bertz CT molecular complexity index is 734. The van der Waals surface area contributed by atoms with E-state index < -0.39 is 47.5 Å². The molecule has 2 N–H and O–H groups in total. The minimum Gasteiger partial charge on any atom is -0.458 e. The first-order valence-electron chi connectivity index (χ1n) is 11.5. The van der Waals surface area contributed by atoms with Crippen molar-refractivity contribution in [3.8, 4) is 0 Å². The Hall–Kier alpha value is -2.35. The number of hydrogen-bond donors (Lipinski definition) is 2. The van der Waals surface area contributed by atoms with Crippen LogP contribution < -0.4 is 5.32 Å². The number of rotatable bonds is 8. The molecule has 1 aliphatic heterocycles. The Kier molecular flexibility index (Phi) is 10.2. The quantitative estimate of drug-likeness (QED) is 0.417. The summed E-state index contributed by atoms with van der Waals surface area (Å²) in [6.45, 7) is 17.4. The molecule has 0 aromatic rings. The molecule has 33 heavy (non-hydrogen) atoms. The number of ether oxygens (including phenoxy) is 2. The van der Waals surface area contributed by atoms with E-state index in [-0.39, 0.29) is 18.2 Å². The number of nitrogens with one attached hydrogen (secondary N) is 1. The molecule has 0 aliphatic carbocycles. The summed E-state index contributed by atoms with van der Waals surface area (Å²) in [7, 11) is 0.